The fraction of sp³-hybridized carbons (Fsp3) is 0.286. The molecule has 0 amide bonds. The van der Waals surface area contributed by atoms with Crippen molar-refractivity contribution < 1.29 is 9.90 Å². The maximum atomic E-state index is 11.2. The summed E-state index contributed by atoms with van der Waals surface area (Å²) in [5.41, 5.74) is 1.90. The molecule has 1 aromatic carbocycles. The number of carbonyl (C=O) groups is 1. The van der Waals surface area contributed by atoms with Gasteiger partial charge in [-0.25, -0.2) is 4.79 Å². The number of aryl methyl sites for hydroxylation is 1. The van der Waals surface area contributed by atoms with Gasteiger partial charge in [0.25, 0.3) is 0 Å². The molecule has 0 spiro atoms. The van der Waals surface area contributed by atoms with E-state index < -0.39 is 5.97 Å². The third-order valence-corrected chi connectivity index (χ3v) is 2.91. The number of para-hydroxylation sites is 1. The summed E-state index contributed by atoms with van der Waals surface area (Å²) < 4.78 is 1.82. The molecular weight excluding hydrogens is 242 g/mol. The number of nitrogens with one attached hydrogen (secondary N) is 1. The van der Waals surface area contributed by atoms with Crippen molar-refractivity contribution >= 4 is 11.7 Å². The first-order valence-corrected chi connectivity index (χ1v) is 6.15. The van der Waals surface area contributed by atoms with Crippen LogP contribution in [0.4, 0.5) is 5.69 Å². The van der Waals surface area contributed by atoms with Crippen LogP contribution in [0.25, 0.3) is 0 Å². The van der Waals surface area contributed by atoms with Crippen molar-refractivity contribution in [3.05, 3.63) is 47.8 Å². The summed E-state index contributed by atoms with van der Waals surface area (Å²) in [7, 11) is 0. The minimum absolute atomic E-state index is 0.0825. The predicted octanol–water partition coefficient (Wildman–Crippen LogP) is 2.39. The normalized spacial score (nSPS) is 12.1. The minimum Gasteiger partial charge on any atom is -0.478 e. The highest BCUT2D eigenvalue weighted by molar-refractivity contribution is 5.95. The van der Waals surface area contributed by atoms with Gasteiger partial charge < -0.3 is 10.4 Å². The number of aromatic carboxylic acids is 1. The molecule has 19 heavy (non-hydrogen) atoms. The average Bonchev–Trinajstić information content (AvgIpc) is 2.84. The summed E-state index contributed by atoms with van der Waals surface area (Å²) in [4.78, 5) is 11.2. The monoisotopic (exact) mass is 259 g/mol. The molecule has 0 bridgehead atoms. The highest BCUT2D eigenvalue weighted by Crippen LogP contribution is 2.21. The highest BCUT2D eigenvalue weighted by Gasteiger charge is 2.14. The third-order valence-electron chi connectivity index (χ3n) is 2.91. The molecule has 1 atom stereocenters. The molecule has 0 radical (unpaired) electrons. The molecule has 1 aromatic heterocycles. The zero-order chi connectivity index (χ0) is 13.8. The van der Waals surface area contributed by atoms with Gasteiger partial charge in [-0.15, -0.1) is 0 Å². The van der Waals surface area contributed by atoms with Gasteiger partial charge in [0.15, 0.2) is 0 Å². The van der Waals surface area contributed by atoms with Crippen LogP contribution >= 0.6 is 0 Å². The summed E-state index contributed by atoms with van der Waals surface area (Å²) >= 11 is 0. The van der Waals surface area contributed by atoms with Crippen LogP contribution in [0.3, 0.4) is 0 Å². The standard InChI is InChI=1S/C14H17N3O2/c1-10-5-3-6-12(14(18)19)13(10)16-11(2)9-17-8-4-7-15-17/h3-8,11,16H,9H2,1-2H3,(H,18,19). The number of carboxylic acids is 1. The van der Waals surface area contributed by atoms with E-state index in [1.54, 1.807) is 18.3 Å². The lowest BCUT2D eigenvalue weighted by atomic mass is 10.1. The van der Waals surface area contributed by atoms with Gasteiger partial charge >= 0.3 is 5.97 Å². The van der Waals surface area contributed by atoms with E-state index in [0.29, 0.717) is 17.8 Å². The smallest absolute Gasteiger partial charge is 0.337 e. The number of aromatic nitrogens is 2. The second kappa shape index (κ2) is 5.56. The first-order valence-electron chi connectivity index (χ1n) is 6.15. The second-order valence-corrected chi connectivity index (χ2v) is 4.58. The van der Waals surface area contributed by atoms with Crippen molar-refractivity contribution in [2.45, 2.75) is 26.4 Å². The van der Waals surface area contributed by atoms with E-state index in [9.17, 15) is 9.90 Å². The van der Waals surface area contributed by atoms with E-state index >= 15 is 0 Å². The molecule has 2 aromatic rings. The van der Waals surface area contributed by atoms with Gasteiger partial charge in [0.1, 0.15) is 0 Å². The molecule has 2 rings (SSSR count). The van der Waals surface area contributed by atoms with Crippen LogP contribution in [0, 0.1) is 6.92 Å². The molecule has 5 nitrogen and oxygen atoms in total. The van der Waals surface area contributed by atoms with E-state index in [0.717, 1.165) is 5.56 Å². The van der Waals surface area contributed by atoms with Crippen molar-refractivity contribution in [3.63, 3.8) is 0 Å². The molecule has 2 N–H and O–H groups in total. The number of hydrogen-bond acceptors (Lipinski definition) is 3. The molecule has 0 aliphatic carbocycles. The van der Waals surface area contributed by atoms with Crippen LogP contribution in [-0.4, -0.2) is 26.9 Å². The first kappa shape index (κ1) is 13.1. The molecule has 5 heteroatoms. The second-order valence-electron chi connectivity index (χ2n) is 4.58. The molecule has 100 valence electrons. The SMILES string of the molecule is Cc1cccc(C(=O)O)c1NC(C)Cn1cccn1. The minimum atomic E-state index is -0.919. The van der Waals surface area contributed by atoms with Gasteiger partial charge in [-0.2, -0.15) is 5.10 Å². The molecule has 0 saturated carbocycles. The number of benzene rings is 1. The molecule has 0 aliphatic rings. The lowest BCUT2D eigenvalue weighted by Crippen LogP contribution is -2.24. The van der Waals surface area contributed by atoms with E-state index in [2.05, 4.69) is 10.4 Å². The zero-order valence-corrected chi connectivity index (χ0v) is 11.0. The van der Waals surface area contributed by atoms with Crippen LogP contribution in [0.2, 0.25) is 0 Å². The van der Waals surface area contributed by atoms with Crippen molar-refractivity contribution in [2.75, 3.05) is 5.32 Å². The molecule has 0 fully saturated rings. The number of carboxylic acid groups (broad SMARTS) is 1. The van der Waals surface area contributed by atoms with E-state index in [1.807, 2.05) is 36.9 Å². The Kier molecular flexibility index (Phi) is 3.85. The Morgan fingerprint density at radius 1 is 1.47 bits per heavy atom. The van der Waals surface area contributed by atoms with Gasteiger partial charge in [-0.1, -0.05) is 12.1 Å². The summed E-state index contributed by atoms with van der Waals surface area (Å²) in [6.45, 7) is 4.58. The van der Waals surface area contributed by atoms with Crippen LogP contribution in [0.15, 0.2) is 36.7 Å². The predicted molar refractivity (Wildman–Crippen MR) is 73.5 cm³/mol. The lowest BCUT2D eigenvalue weighted by molar-refractivity contribution is 0.0698. The maximum Gasteiger partial charge on any atom is 0.337 e. The van der Waals surface area contributed by atoms with Crippen LogP contribution in [0.1, 0.15) is 22.8 Å². The fourth-order valence-corrected chi connectivity index (χ4v) is 2.02. The van der Waals surface area contributed by atoms with Crippen molar-refractivity contribution in [1.29, 1.82) is 0 Å². The van der Waals surface area contributed by atoms with Crippen LogP contribution in [0.5, 0.6) is 0 Å². The number of rotatable bonds is 5. The molecule has 0 saturated heterocycles. The Morgan fingerprint density at radius 3 is 2.89 bits per heavy atom. The summed E-state index contributed by atoms with van der Waals surface area (Å²) in [5, 5.41) is 16.6. The molecule has 1 unspecified atom stereocenters. The molecule has 1 heterocycles. The Hall–Kier alpha value is -2.30. The zero-order valence-electron chi connectivity index (χ0n) is 11.0. The topological polar surface area (TPSA) is 67.2 Å². The average molecular weight is 259 g/mol. The Bertz CT molecular complexity index is 564. The van der Waals surface area contributed by atoms with Crippen LogP contribution < -0.4 is 5.32 Å². The van der Waals surface area contributed by atoms with E-state index in [1.165, 1.54) is 0 Å². The van der Waals surface area contributed by atoms with Crippen molar-refractivity contribution in [1.82, 2.24) is 9.78 Å². The van der Waals surface area contributed by atoms with Gasteiger partial charge in [0.05, 0.1) is 17.8 Å². The lowest BCUT2D eigenvalue weighted by Gasteiger charge is -2.18. The third kappa shape index (κ3) is 3.13. The number of hydrogen-bond donors (Lipinski definition) is 2. The maximum absolute atomic E-state index is 11.2. The van der Waals surface area contributed by atoms with Gasteiger partial charge in [0.2, 0.25) is 0 Å². The fourth-order valence-electron chi connectivity index (χ4n) is 2.02. The molecular formula is C14H17N3O2. The summed E-state index contributed by atoms with van der Waals surface area (Å²) in [5.74, 6) is -0.919. The molecule has 0 aliphatic heterocycles. The Balaban J connectivity index is 2.16. The van der Waals surface area contributed by atoms with Crippen molar-refractivity contribution in [2.24, 2.45) is 0 Å². The highest BCUT2D eigenvalue weighted by atomic mass is 16.4. The summed E-state index contributed by atoms with van der Waals surface area (Å²) in [6.07, 6.45) is 3.61. The quantitative estimate of drug-likeness (QED) is 0.865. The number of anilines is 1. The van der Waals surface area contributed by atoms with E-state index in [-0.39, 0.29) is 6.04 Å². The van der Waals surface area contributed by atoms with E-state index in [4.69, 9.17) is 0 Å². The van der Waals surface area contributed by atoms with Gasteiger partial charge in [0, 0.05) is 18.4 Å². The Morgan fingerprint density at radius 2 is 2.26 bits per heavy atom. The number of nitrogens with zero attached hydrogens (tertiary/aromatic N) is 2. The first-order chi connectivity index (χ1) is 9.08. The van der Waals surface area contributed by atoms with Crippen molar-refractivity contribution in [3.8, 4) is 0 Å². The van der Waals surface area contributed by atoms with Crippen LogP contribution in [-0.2, 0) is 6.54 Å². The Labute approximate surface area is 111 Å². The van der Waals surface area contributed by atoms with Gasteiger partial charge in [-0.05, 0) is 31.5 Å². The van der Waals surface area contributed by atoms with Gasteiger partial charge in [-0.3, -0.25) is 4.68 Å². The summed E-state index contributed by atoms with van der Waals surface area (Å²) in [6, 6.07) is 7.21. The largest absolute Gasteiger partial charge is 0.478 e.